The van der Waals surface area contributed by atoms with Gasteiger partial charge < -0.3 is 19.3 Å². The van der Waals surface area contributed by atoms with E-state index in [1.807, 2.05) is 37.3 Å². The topological polar surface area (TPSA) is 84.9 Å². The van der Waals surface area contributed by atoms with E-state index in [0.717, 1.165) is 17.8 Å². The van der Waals surface area contributed by atoms with Crippen LogP contribution in [0.5, 0.6) is 11.6 Å². The molecule has 0 N–H and O–H groups in total. The zero-order valence-corrected chi connectivity index (χ0v) is 16.6. The quantitative estimate of drug-likeness (QED) is 0.767. The summed E-state index contributed by atoms with van der Waals surface area (Å²) in [5.74, 6) is 0.772. The minimum atomic E-state index is -0.341. The van der Waals surface area contributed by atoms with E-state index >= 15 is 0 Å². The molecule has 29 heavy (non-hydrogen) atoms. The number of carbonyl (C=O) groups excluding carboxylic acids is 2. The third kappa shape index (κ3) is 4.16. The number of hydrogen-bond acceptors (Lipinski definition) is 6. The number of benzene rings is 1. The summed E-state index contributed by atoms with van der Waals surface area (Å²) in [7, 11) is 1.59. The van der Waals surface area contributed by atoms with Crippen LogP contribution in [0.25, 0.3) is 0 Å². The molecule has 1 aromatic heterocycles. The minimum absolute atomic E-state index is 0.00448. The largest absolute Gasteiger partial charge is 0.497 e. The molecule has 2 amide bonds. The Morgan fingerprint density at radius 2 is 2.03 bits per heavy atom. The van der Waals surface area contributed by atoms with Crippen LogP contribution in [0.1, 0.15) is 18.5 Å². The smallest absolute Gasteiger partial charge is 0.233 e. The van der Waals surface area contributed by atoms with E-state index in [4.69, 9.17) is 9.47 Å². The third-order valence-electron chi connectivity index (χ3n) is 5.36. The molecule has 2 fully saturated rings. The zero-order valence-electron chi connectivity index (χ0n) is 16.6. The van der Waals surface area contributed by atoms with Crippen molar-refractivity contribution in [3.8, 4) is 11.6 Å². The maximum atomic E-state index is 13.0. The van der Waals surface area contributed by atoms with Crippen molar-refractivity contribution in [2.45, 2.75) is 25.9 Å². The van der Waals surface area contributed by atoms with Crippen LogP contribution in [-0.2, 0) is 9.59 Å². The predicted molar refractivity (Wildman–Crippen MR) is 106 cm³/mol. The van der Waals surface area contributed by atoms with E-state index in [2.05, 4.69) is 10.2 Å². The average molecular weight is 396 g/mol. The summed E-state index contributed by atoms with van der Waals surface area (Å²) in [5.41, 5.74) is 1.58. The highest BCUT2D eigenvalue weighted by Crippen LogP contribution is 2.29. The van der Waals surface area contributed by atoms with Gasteiger partial charge in [-0.25, -0.2) is 0 Å². The molecule has 0 spiro atoms. The molecule has 2 saturated heterocycles. The Morgan fingerprint density at radius 3 is 2.79 bits per heavy atom. The van der Waals surface area contributed by atoms with Gasteiger partial charge in [0.1, 0.15) is 11.9 Å². The van der Waals surface area contributed by atoms with Crippen LogP contribution in [-0.4, -0.2) is 59.8 Å². The van der Waals surface area contributed by atoms with Crippen molar-refractivity contribution in [1.29, 1.82) is 0 Å². The van der Waals surface area contributed by atoms with Gasteiger partial charge in [0, 0.05) is 43.8 Å². The van der Waals surface area contributed by atoms with Crippen molar-refractivity contribution in [2.75, 3.05) is 31.6 Å². The number of methoxy groups -OCH3 is 1. The highest BCUT2D eigenvalue weighted by Gasteiger charge is 2.39. The average Bonchev–Trinajstić information content (AvgIpc) is 3.36. The Hall–Kier alpha value is -3.16. The van der Waals surface area contributed by atoms with Gasteiger partial charge in [0.2, 0.25) is 17.7 Å². The van der Waals surface area contributed by atoms with Crippen LogP contribution in [0.4, 0.5) is 5.69 Å². The molecule has 0 radical (unpaired) electrons. The van der Waals surface area contributed by atoms with Gasteiger partial charge in [-0.3, -0.25) is 9.59 Å². The second-order valence-electron chi connectivity index (χ2n) is 7.43. The standard InChI is InChI=1S/C21H24N4O4/c1-14-6-7-19(23-22-14)29-18-8-9-24(13-18)21(27)15-10-20(26)25(12-15)16-4-3-5-17(11-16)28-2/h3-7,11,15,18H,8-10,12-13H2,1-2H3. The van der Waals surface area contributed by atoms with Gasteiger partial charge in [0.05, 0.1) is 25.3 Å². The molecule has 3 heterocycles. The van der Waals surface area contributed by atoms with Crippen molar-refractivity contribution >= 4 is 17.5 Å². The Morgan fingerprint density at radius 1 is 1.17 bits per heavy atom. The molecule has 1 aromatic carbocycles. The van der Waals surface area contributed by atoms with Gasteiger partial charge in [0.15, 0.2) is 0 Å². The van der Waals surface area contributed by atoms with Gasteiger partial charge in [-0.15, -0.1) is 5.10 Å². The number of carbonyl (C=O) groups is 2. The SMILES string of the molecule is COc1cccc(N2CC(C(=O)N3CCC(Oc4ccc(C)nn4)C3)CC2=O)c1. The summed E-state index contributed by atoms with van der Waals surface area (Å²) in [6.45, 7) is 3.37. The van der Waals surface area contributed by atoms with E-state index in [1.54, 1.807) is 23.0 Å². The van der Waals surface area contributed by atoms with Crippen molar-refractivity contribution in [3.63, 3.8) is 0 Å². The van der Waals surface area contributed by atoms with E-state index < -0.39 is 0 Å². The summed E-state index contributed by atoms with van der Waals surface area (Å²) in [5, 5.41) is 8.01. The zero-order chi connectivity index (χ0) is 20.4. The minimum Gasteiger partial charge on any atom is -0.497 e. The van der Waals surface area contributed by atoms with E-state index in [9.17, 15) is 9.59 Å². The molecule has 4 rings (SSSR count). The lowest BCUT2D eigenvalue weighted by Gasteiger charge is -2.21. The summed E-state index contributed by atoms with van der Waals surface area (Å²) >= 11 is 0. The number of rotatable bonds is 5. The molecule has 2 aromatic rings. The fourth-order valence-corrected chi connectivity index (χ4v) is 3.80. The van der Waals surface area contributed by atoms with Crippen molar-refractivity contribution in [1.82, 2.24) is 15.1 Å². The van der Waals surface area contributed by atoms with Crippen LogP contribution in [0.15, 0.2) is 36.4 Å². The first-order valence-electron chi connectivity index (χ1n) is 9.73. The molecule has 8 heteroatoms. The first-order valence-corrected chi connectivity index (χ1v) is 9.73. The highest BCUT2D eigenvalue weighted by atomic mass is 16.5. The molecule has 2 atom stereocenters. The first kappa shape index (κ1) is 19.2. The fraction of sp³-hybridized carbons (Fsp3) is 0.429. The lowest BCUT2D eigenvalue weighted by molar-refractivity contribution is -0.135. The van der Waals surface area contributed by atoms with Crippen LogP contribution in [0.3, 0.4) is 0 Å². The molecule has 0 bridgehead atoms. The number of aromatic nitrogens is 2. The summed E-state index contributed by atoms with van der Waals surface area (Å²) in [6, 6.07) is 11.0. The van der Waals surface area contributed by atoms with Gasteiger partial charge >= 0.3 is 0 Å². The molecule has 0 aliphatic carbocycles. The molecular weight excluding hydrogens is 372 g/mol. The summed E-state index contributed by atoms with van der Waals surface area (Å²) in [4.78, 5) is 28.9. The number of hydrogen-bond donors (Lipinski definition) is 0. The summed E-state index contributed by atoms with van der Waals surface area (Å²) in [6.07, 6.45) is 0.853. The maximum Gasteiger partial charge on any atom is 0.233 e. The first-order chi connectivity index (χ1) is 14.0. The molecule has 152 valence electrons. The Labute approximate surface area is 169 Å². The number of anilines is 1. The van der Waals surface area contributed by atoms with Crippen LogP contribution in [0.2, 0.25) is 0 Å². The van der Waals surface area contributed by atoms with E-state index in [0.29, 0.717) is 31.3 Å². The van der Waals surface area contributed by atoms with Gasteiger partial charge in [0.25, 0.3) is 0 Å². The van der Waals surface area contributed by atoms with Crippen molar-refractivity contribution in [2.24, 2.45) is 5.92 Å². The van der Waals surface area contributed by atoms with Crippen LogP contribution < -0.4 is 14.4 Å². The second kappa shape index (κ2) is 8.06. The lowest BCUT2D eigenvalue weighted by atomic mass is 10.1. The van der Waals surface area contributed by atoms with Crippen LogP contribution in [0, 0.1) is 12.8 Å². The third-order valence-corrected chi connectivity index (χ3v) is 5.36. The predicted octanol–water partition coefficient (Wildman–Crippen LogP) is 1.83. The fourth-order valence-electron chi connectivity index (χ4n) is 3.80. The lowest BCUT2D eigenvalue weighted by Crippen LogP contribution is -2.37. The van der Waals surface area contributed by atoms with Crippen LogP contribution >= 0.6 is 0 Å². The molecule has 0 saturated carbocycles. The number of nitrogens with zero attached hydrogens (tertiary/aromatic N) is 4. The second-order valence-corrected chi connectivity index (χ2v) is 7.43. The van der Waals surface area contributed by atoms with Crippen molar-refractivity contribution in [3.05, 3.63) is 42.1 Å². The van der Waals surface area contributed by atoms with E-state index in [1.165, 1.54) is 0 Å². The van der Waals surface area contributed by atoms with Gasteiger partial charge in [-0.1, -0.05) is 6.07 Å². The van der Waals surface area contributed by atoms with Crippen molar-refractivity contribution < 1.29 is 19.1 Å². The Balaban J connectivity index is 1.36. The molecule has 2 aliphatic rings. The molecule has 2 unspecified atom stereocenters. The van der Waals surface area contributed by atoms with Gasteiger partial charge in [-0.2, -0.15) is 5.10 Å². The normalized spacial score (nSPS) is 21.5. The molecular formula is C21H24N4O4. The number of amides is 2. The maximum absolute atomic E-state index is 13.0. The van der Waals surface area contributed by atoms with E-state index in [-0.39, 0.29) is 30.3 Å². The number of likely N-dealkylation sites (tertiary alicyclic amines) is 1. The Kier molecular flexibility index (Phi) is 5.33. The summed E-state index contributed by atoms with van der Waals surface area (Å²) < 4.78 is 11.1. The number of ether oxygens (including phenoxy) is 2. The monoisotopic (exact) mass is 396 g/mol. The molecule has 8 nitrogen and oxygen atoms in total. The highest BCUT2D eigenvalue weighted by molar-refractivity contribution is 6.00. The van der Waals surface area contributed by atoms with Gasteiger partial charge in [-0.05, 0) is 25.1 Å². The molecule has 2 aliphatic heterocycles. The number of aryl methyl sites for hydroxylation is 1. The Bertz CT molecular complexity index is 902.